The van der Waals surface area contributed by atoms with Gasteiger partial charge in [0.2, 0.25) is 5.91 Å². The molecule has 0 unspecified atom stereocenters. The molecule has 1 amide bonds. The Kier molecular flexibility index (Phi) is 10.1. The van der Waals surface area contributed by atoms with E-state index in [9.17, 15) is 4.79 Å². The highest BCUT2D eigenvalue weighted by molar-refractivity contribution is 5.84. The highest BCUT2D eigenvalue weighted by atomic mass is 16.1. The number of guanidine groups is 1. The lowest BCUT2D eigenvalue weighted by Crippen LogP contribution is -2.42. The second kappa shape index (κ2) is 12.2. The summed E-state index contributed by atoms with van der Waals surface area (Å²) < 4.78 is 0. The van der Waals surface area contributed by atoms with Crippen LogP contribution in [0.3, 0.4) is 0 Å². The maximum Gasteiger partial charge on any atom is 0.241 e. The number of benzene rings is 1. The van der Waals surface area contributed by atoms with Gasteiger partial charge in [-0.05, 0) is 44.9 Å². The fourth-order valence-corrected chi connectivity index (χ4v) is 2.42. The molecule has 25 heavy (non-hydrogen) atoms. The van der Waals surface area contributed by atoms with Gasteiger partial charge in [0.15, 0.2) is 5.96 Å². The van der Waals surface area contributed by atoms with Crippen LogP contribution in [0, 0.1) is 6.92 Å². The Bertz CT molecular complexity index is 544. The van der Waals surface area contributed by atoms with Crippen LogP contribution in [0.15, 0.2) is 29.3 Å². The number of nitrogens with one attached hydrogen (secondary N) is 3. The molecular formula is C19H33N5O. The molecule has 1 rings (SSSR count). The lowest BCUT2D eigenvalue weighted by Gasteiger charge is -2.24. The lowest BCUT2D eigenvalue weighted by molar-refractivity contribution is -0.119. The Morgan fingerprint density at radius 1 is 1.12 bits per heavy atom. The molecule has 0 atom stereocenters. The molecule has 0 aliphatic heterocycles. The Morgan fingerprint density at radius 2 is 1.92 bits per heavy atom. The minimum Gasteiger partial charge on any atom is -0.370 e. The normalized spacial score (nSPS) is 11.1. The van der Waals surface area contributed by atoms with Crippen molar-refractivity contribution in [2.75, 3.05) is 44.2 Å². The summed E-state index contributed by atoms with van der Waals surface area (Å²) in [4.78, 5) is 18.3. The number of carbonyl (C=O) groups is 1. The Balaban J connectivity index is 2.51. The van der Waals surface area contributed by atoms with E-state index in [1.807, 2.05) is 13.8 Å². The van der Waals surface area contributed by atoms with Gasteiger partial charge in [0, 0.05) is 38.4 Å². The van der Waals surface area contributed by atoms with E-state index in [1.165, 1.54) is 11.3 Å². The number of anilines is 1. The molecule has 0 radical (unpaired) electrons. The molecule has 0 aliphatic carbocycles. The Hall–Kier alpha value is -2.24. The molecule has 0 heterocycles. The summed E-state index contributed by atoms with van der Waals surface area (Å²) in [7, 11) is 0. The molecule has 0 aromatic heterocycles. The van der Waals surface area contributed by atoms with Crippen molar-refractivity contribution in [3.8, 4) is 0 Å². The van der Waals surface area contributed by atoms with Gasteiger partial charge in [0.05, 0.1) is 0 Å². The predicted molar refractivity (Wildman–Crippen MR) is 106 cm³/mol. The zero-order valence-electron chi connectivity index (χ0n) is 16.1. The molecule has 0 saturated heterocycles. The molecule has 0 saturated carbocycles. The standard InChI is InChI=1S/C19H33N5O/c1-5-11-21-18(25)15-23-19(20-6-2)22-12-13-24(7-3)17-10-8-9-16(4)14-17/h8-10,14H,5-7,11-13,15H2,1-4H3,(H,21,25)(H2,20,22,23). The fourth-order valence-electron chi connectivity index (χ4n) is 2.42. The van der Waals surface area contributed by atoms with Crippen LogP contribution < -0.4 is 20.9 Å². The summed E-state index contributed by atoms with van der Waals surface area (Å²) in [6.07, 6.45) is 0.930. The second-order valence-corrected chi connectivity index (χ2v) is 5.89. The summed E-state index contributed by atoms with van der Waals surface area (Å²) >= 11 is 0. The zero-order valence-corrected chi connectivity index (χ0v) is 16.1. The number of rotatable bonds is 10. The van der Waals surface area contributed by atoms with E-state index in [1.54, 1.807) is 0 Å². The van der Waals surface area contributed by atoms with Gasteiger partial charge in [-0.15, -0.1) is 0 Å². The number of hydrogen-bond acceptors (Lipinski definition) is 3. The summed E-state index contributed by atoms with van der Waals surface area (Å²) in [5.74, 6) is 0.628. The maximum atomic E-state index is 11.7. The van der Waals surface area contributed by atoms with Crippen molar-refractivity contribution in [3.63, 3.8) is 0 Å². The highest BCUT2D eigenvalue weighted by Gasteiger charge is 2.05. The molecule has 6 nitrogen and oxygen atoms in total. The van der Waals surface area contributed by atoms with E-state index in [0.717, 1.165) is 32.6 Å². The molecule has 6 heteroatoms. The van der Waals surface area contributed by atoms with Crippen LogP contribution in [0.5, 0.6) is 0 Å². The van der Waals surface area contributed by atoms with Gasteiger partial charge >= 0.3 is 0 Å². The minimum atomic E-state index is -0.0472. The first-order valence-electron chi connectivity index (χ1n) is 9.21. The van der Waals surface area contributed by atoms with Gasteiger partial charge in [-0.25, -0.2) is 4.99 Å². The monoisotopic (exact) mass is 347 g/mol. The minimum absolute atomic E-state index is 0.0472. The van der Waals surface area contributed by atoms with Crippen molar-refractivity contribution >= 4 is 17.6 Å². The molecule has 140 valence electrons. The van der Waals surface area contributed by atoms with Crippen LogP contribution in [-0.2, 0) is 4.79 Å². The first-order chi connectivity index (χ1) is 12.1. The Morgan fingerprint density at radius 3 is 2.56 bits per heavy atom. The van der Waals surface area contributed by atoms with Crippen LogP contribution in [-0.4, -0.2) is 51.1 Å². The number of nitrogens with zero attached hydrogens (tertiary/aromatic N) is 2. The summed E-state index contributed by atoms with van der Waals surface area (Å²) in [5.41, 5.74) is 2.49. The van der Waals surface area contributed by atoms with Crippen molar-refractivity contribution in [2.24, 2.45) is 4.99 Å². The average Bonchev–Trinajstić information content (AvgIpc) is 2.61. The molecule has 3 N–H and O–H groups in total. The number of aryl methyl sites for hydroxylation is 1. The highest BCUT2D eigenvalue weighted by Crippen LogP contribution is 2.14. The van der Waals surface area contributed by atoms with Crippen molar-refractivity contribution in [1.29, 1.82) is 0 Å². The van der Waals surface area contributed by atoms with E-state index in [-0.39, 0.29) is 12.5 Å². The molecule has 0 bridgehead atoms. The number of amides is 1. The fraction of sp³-hybridized carbons (Fsp3) is 0.579. The first-order valence-corrected chi connectivity index (χ1v) is 9.21. The smallest absolute Gasteiger partial charge is 0.241 e. The second-order valence-electron chi connectivity index (χ2n) is 5.89. The maximum absolute atomic E-state index is 11.7. The van der Waals surface area contributed by atoms with Gasteiger partial charge in [0.25, 0.3) is 0 Å². The van der Waals surface area contributed by atoms with Crippen molar-refractivity contribution in [2.45, 2.75) is 34.1 Å². The van der Waals surface area contributed by atoms with E-state index in [0.29, 0.717) is 12.5 Å². The SMILES string of the molecule is CCCNC(=O)CN=C(NCC)NCCN(CC)c1cccc(C)c1. The van der Waals surface area contributed by atoms with Crippen molar-refractivity contribution in [3.05, 3.63) is 29.8 Å². The third-order valence-corrected chi connectivity index (χ3v) is 3.72. The lowest BCUT2D eigenvalue weighted by atomic mass is 10.2. The third-order valence-electron chi connectivity index (χ3n) is 3.72. The van der Waals surface area contributed by atoms with Crippen molar-refractivity contribution in [1.82, 2.24) is 16.0 Å². The quantitative estimate of drug-likeness (QED) is 0.447. The summed E-state index contributed by atoms with van der Waals surface area (Å²) in [5, 5.41) is 9.30. The third kappa shape index (κ3) is 8.42. The van der Waals surface area contributed by atoms with E-state index < -0.39 is 0 Å². The first kappa shape index (κ1) is 20.8. The number of aliphatic imine (C=N–C) groups is 1. The predicted octanol–water partition coefficient (Wildman–Crippen LogP) is 1.90. The molecule has 0 aliphatic rings. The van der Waals surface area contributed by atoms with Crippen LogP contribution >= 0.6 is 0 Å². The molecule has 0 spiro atoms. The van der Waals surface area contributed by atoms with E-state index >= 15 is 0 Å². The number of carbonyl (C=O) groups excluding carboxylic acids is 1. The van der Waals surface area contributed by atoms with Crippen LogP contribution in [0.2, 0.25) is 0 Å². The van der Waals surface area contributed by atoms with Gasteiger partial charge < -0.3 is 20.9 Å². The zero-order chi connectivity index (χ0) is 18.5. The molecular weight excluding hydrogens is 314 g/mol. The van der Waals surface area contributed by atoms with Gasteiger partial charge in [-0.1, -0.05) is 19.1 Å². The summed E-state index contributed by atoms with van der Waals surface area (Å²) in [6, 6.07) is 8.52. The van der Waals surface area contributed by atoms with E-state index in [2.05, 4.69) is 64.0 Å². The molecule has 0 fully saturated rings. The van der Waals surface area contributed by atoms with E-state index in [4.69, 9.17) is 0 Å². The van der Waals surface area contributed by atoms with Gasteiger partial charge in [-0.3, -0.25) is 4.79 Å². The van der Waals surface area contributed by atoms with Gasteiger partial charge in [0.1, 0.15) is 6.54 Å². The van der Waals surface area contributed by atoms with Crippen LogP contribution in [0.25, 0.3) is 0 Å². The summed E-state index contributed by atoms with van der Waals surface area (Å²) in [6.45, 7) is 12.5. The Labute approximate surface area is 152 Å². The van der Waals surface area contributed by atoms with Crippen molar-refractivity contribution < 1.29 is 4.79 Å². The molecule has 1 aromatic carbocycles. The average molecular weight is 348 g/mol. The molecule has 1 aromatic rings. The van der Waals surface area contributed by atoms with Crippen LogP contribution in [0.1, 0.15) is 32.8 Å². The number of hydrogen-bond donors (Lipinski definition) is 3. The van der Waals surface area contributed by atoms with Gasteiger partial charge in [-0.2, -0.15) is 0 Å². The van der Waals surface area contributed by atoms with Crippen LogP contribution in [0.4, 0.5) is 5.69 Å². The largest absolute Gasteiger partial charge is 0.370 e. The number of likely N-dealkylation sites (N-methyl/N-ethyl adjacent to an activating group) is 1. The topological polar surface area (TPSA) is 68.8 Å².